The van der Waals surface area contributed by atoms with Gasteiger partial charge in [-0.25, -0.2) is 0 Å². The zero-order chi connectivity index (χ0) is 35.8. The number of piperazine rings is 1. The number of nitriles is 1. The summed E-state index contributed by atoms with van der Waals surface area (Å²) in [5, 5.41) is 6.27. The Morgan fingerprint density at radius 2 is 1.47 bits per heavy atom. The molecule has 1 saturated heterocycles. The van der Waals surface area contributed by atoms with Crippen LogP contribution in [-0.4, -0.2) is 163 Å². The van der Waals surface area contributed by atoms with E-state index in [1.165, 1.54) is 7.12 Å². The molecule has 23 heteroatoms. The Balaban J connectivity index is 1.93. The van der Waals surface area contributed by atoms with Gasteiger partial charge in [-0.2, -0.15) is 0 Å². The first-order valence-electron chi connectivity index (χ1n) is 17.2. The normalized spacial score (nSPS) is 30.3. The summed E-state index contributed by atoms with van der Waals surface area (Å²) >= 11 is 0. The number of hydrogen-bond donors (Lipinski definition) is 0. The zero-order valence-electron chi connectivity index (χ0n) is 31.4. The van der Waals surface area contributed by atoms with Crippen LogP contribution in [0.3, 0.4) is 0 Å². The molecule has 2 fully saturated rings. The number of pyridine rings is 1. The minimum atomic E-state index is -4.45. The molecule has 1 aliphatic carbocycles. The van der Waals surface area contributed by atoms with Crippen molar-refractivity contribution in [1.82, 2.24) is 9.88 Å². The van der Waals surface area contributed by atoms with Crippen molar-refractivity contribution in [3.63, 3.8) is 0 Å². The zero-order valence-corrected chi connectivity index (χ0v) is 31.4. The Morgan fingerprint density at radius 3 is 1.96 bits per heavy atom. The molecule has 3 aliphatic heterocycles. The van der Waals surface area contributed by atoms with Crippen molar-refractivity contribution >= 4 is 121 Å². The molecule has 6 nitrogen and oxygen atoms in total. The van der Waals surface area contributed by atoms with Crippen LogP contribution < -0.4 is 4.90 Å². The molecule has 4 heterocycles. The Hall–Kier alpha value is -1.43. The molecule has 0 aromatic carbocycles. The monoisotopic (exact) mass is 630 g/mol. The Labute approximate surface area is 291 Å². The van der Waals surface area contributed by atoms with Crippen molar-refractivity contribution in [2.24, 2.45) is 0 Å². The molecule has 2 atom stereocenters. The first-order valence-corrected chi connectivity index (χ1v) is 17.2. The van der Waals surface area contributed by atoms with E-state index in [0.717, 1.165) is 29.7 Å². The van der Waals surface area contributed by atoms with Crippen molar-refractivity contribution < 1.29 is 22.6 Å². The molecular weight excluding hydrogens is 585 g/mol. The van der Waals surface area contributed by atoms with Gasteiger partial charge in [0, 0.05) is 0 Å². The quantitative estimate of drug-likeness (QED) is 0.310. The number of alkyl halides is 3. The van der Waals surface area contributed by atoms with Gasteiger partial charge < -0.3 is 0 Å². The standard InChI is InChI=1S/C24H43B14F3N4O2/c1-16(2)5-10-11(7-42)15(43-14(9-3-4-9)12(10)8-46-16)45-21(30,31)19(26)18(25,20(27,28)29)24(36,37)47-38-13(6-17(39,40)41)44(19)22(32,33)23(45,34)35/h9H,3-6,8,25-37H2,1-2H3/t18?,19-/m1/s1. The van der Waals surface area contributed by atoms with Gasteiger partial charge in [-0.3, -0.25) is 0 Å². The summed E-state index contributed by atoms with van der Waals surface area (Å²) in [6, 6.07) is 2.59. The van der Waals surface area contributed by atoms with Gasteiger partial charge in [0.1, 0.15) is 0 Å². The molecule has 0 amide bonds. The average Bonchev–Trinajstić information content (AvgIpc) is 3.73. The number of ether oxygens (including phenoxy) is 1. The van der Waals surface area contributed by atoms with E-state index >= 15 is 0 Å². The number of nitrogens with zero attached hydrogens (tertiary/aromatic N) is 4. The molecule has 5 rings (SSSR count). The van der Waals surface area contributed by atoms with E-state index in [1.54, 1.807) is 0 Å². The second-order valence-corrected chi connectivity index (χ2v) is 18.6. The summed E-state index contributed by atoms with van der Waals surface area (Å²) in [5.74, 6) is 0.929. The Kier molecular flexibility index (Phi) is 8.27. The molecule has 1 saturated carbocycles. The van der Waals surface area contributed by atoms with Crippen LogP contribution in [0.5, 0.6) is 0 Å². The van der Waals surface area contributed by atoms with Crippen molar-refractivity contribution in [3.8, 4) is 6.07 Å². The summed E-state index contributed by atoms with van der Waals surface area (Å²) in [7, 11) is 28.7. The molecule has 4 aliphatic rings. The SMILES string of the molecule is BC(B)(B)C1(B)C(B)(B)OB=C(CC(F)(F)F)N2C(B)(B)C(B)(B)N(c3nc(C4CC4)c4c(c3C#N)CC(C)(C)OC4)C(B)(B)[C@]21B. The van der Waals surface area contributed by atoms with Gasteiger partial charge in [0.25, 0.3) is 0 Å². The first kappa shape index (κ1) is 36.8. The average molecular weight is 628 g/mol. The van der Waals surface area contributed by atoms with Crippen molar-refractivity contribution in [1.29, 1.82) is 5.26 Å². The summed E-state index contributed by atoms with van der Waals surface area (Å²) < 4.78 is 56.3. The second-order valence-electron chi connectivity index (χ2n) is 18.6. The van der Waals surface area contributed by atoms with Crippen LogP contribution in [0.25, 0.3) is 0 Å². The molecule has 234 valence electrons. The fourth-order valence-electron chi connectivity index (χ4n) is 9.99. The maximum absolute atomic E-state index is 14.5. The van der Waals surface area contributed by atoms with Crippen LogP contribution in [0.4, 0.5) is 19.0 Å². The molecule has 0 spiro atoms. The van der Waals surface area contributed by atoms with Gasteiger partial charge in [0.05, 0.1) is 0 Å². The fraction of sp³-hybridized carbons (Fsp3) is 0.708. The summed E-state index contributed by atoms with van der Waals surface area (Å²) in [5.41, 5.74) is 2.24. The van der Waals surface area contributed by atoms with Gasteiger partial charge in [-0.1, -0.05) is 0 Å². The van der Waals surface area contributed by atoms with E-state index in [2.05, 4.69) is 100 Å². The molecule has 1 aromatic heterocycles. The number of anilines is 1. The second kappa shape index (κ2) is 10.5. The number of fused-ring (bicyclic) bond motifs is 2. The van der Waals surface area contributed by atoms with E-state index in [9.17, 15) is 18.4 Å². The topological polar surface area (TPSA) is 61.6 Å². The van der Waals surface area contributed by atoms with Crippen LogP contribution in [0.15, 0.2) is 0 Å². The number of hydrogen-bond acceptors (Lipinski definition) is 6. The molecule has 1 unspecified atom stereocenters. The van der Waals surface area contributed by atoms with Crippen LogP contribution in [0, 0.1) is 11.3 Å². The van der Waals surface area contributed by atoms with E-state index in [0.29, 0.717) is 30.3 Å². The molecule has 47 heavy (non-hydrogen) atoms. The molecular formula is C24H43B14F3N4O2. The van der Waals surface area contributed by atoms with Gasteiger partial charge in [-0.05, 0) is 0 Å². The third-order valence-electron chi connectivity index (χ3n) is 13.6. The van der Waals surface area contributed by atoms with Gasteiger partial charge >= 0.3 is 293 Å². The van der Waals surface area contributed by atoms with E-state index in [1.807, 2.05) is 31.4 Å². The Morgan fingerprint density at radius 1 is 0.915 bits per heavy atom. The number of halogens is 3. The van der Waals surface area contributed by atoms with Crippen LogP contribution in [0.1, 0.15) is 61.4 Å². The third kappa shape index (κ3) is 5.04. The van der Waals surface area contributed by atoms with Crippen LogP contribution >= 0.6 is 0 Å². The van der Waals surface area contributed by atoms with Crippen molar-refractivity contribution in [2.75, 3.05) is 4.90 Å². The first-order chi connectivity index (χ1) is 21.0. The molecule has 0 radical (unpaired) electrons. The Bertz CT molecular complexity index is 1570. The van der Waals surface area contributed by atoms with E-state index < -0.39 is 55.5 Å². The predicted octanol–water partition coefficient (Wildman–Crippen LogP) is -9.69. The minimum absolute atomic E-state index is 0.114. The summed E-state index contributed by atoms with van der Waals surface area (Å²) in [6.45, 7) is 4.53. The van der Waals surface area contributed by atoms with Crippen molar-refractivity contribution in [3.05, 3.63) is 22.4 Å². The molecule has 0 bridgehead atoms. The van der Waals surface area contributed by atoms with Crippen LogP contribution in [-0.2, 0) is 22.4 Å². The van der Waals surface area contributed by atoms with E-state index in [4.69, 9.17) is 14.4 Å². The van der Waals surface area contributed by atoms with Gasteiger partial charge in [-0.15, -0.1) is 0 Å². The number of aromatic nitrogens is 1. The molecule has 0 N–H and O–H groups in total. The predicted molar refractivity (Wildman–Crippen MR) is 220 cm³/mol. The van der Waals surface area contributed by atoms with Crippen LogP contribution in [0.2, 0.25) is 10.4 Å². The third-order valence-corrected chi connectivity index (χ3v) is 13.6. The van der Waals surface area contributed by atoms with E-state index in [-0.39, 0.29) is 5.59 Å². The van der Waals surface area contributed by atoms with Gasteiger partial charge in [0.15, 0.2) is 0 Å². The maximum atomic E-state index is 14.5. The summed E-state index contributed by atoms with van der Waals surface area (Å²) in [4.78, 5) is 9.83. The fourth-order valence-corrected chi connectivity index (χ4v) is 9.99. The molecule has 1 aromatic rings. The number of rotatable bonds is 4. The van der Waals surface area contributed by atoms with Gasteiger partial charge in [0.2, 0.25) is 0 Å². The summed E-state index contributed by atoms with van der Waals surface area (Å²) in [6.07, 6.45) is -2.91. The van der Waals surface area contributed by atoms with Crippen molar-refractivity contribution in [2.45, 2.75) is 101 Å².